The Morgan fingerprint density at radius 2 is 2.23 bits per heavy atom. The van der Waals surface area contributed by atoms with Gasteiger partial charge in [-0.3, -0.25) is 9.89 Å². The number of anilines is 2. The molecule has 0 spiro atoms. The Bertz CT molecular complexity index is 523. The van der Waals surface area contributed by atoms with Crippen LogP contribution in [0.15, 0.2) is 10.9 Å². The van der Waals surface area contributed by atoms with Crippen molar-refractivity contribution in [2.24, 2.45) is 0 Å². The largest absolute Gasteiger partial charge is 0.393 e. The number of nitrogens with two attached hydrogens (primary N) is 2. The summed E-state index contributed by atoms with van der Waals surface area (Å²) < 4.78 is 1.22. The number of aromatic nitrogens is 3. The summed E-state index contributed by atoms with van der Waals surface area (Å²) in [4.78, 5) is 15.4. The summed E-state index contributed by atoms with van der Waals surface area (Å²) in [6.07, 6.45) is 0. The van der Waals surface area contributed by atoms with Gasteiger partial charge in [0.05, 0.1) is 0 Å². The van der Waals surface area contributed by atoms with E-state index in [0.717, 1.165) is 0 Å². The van der Waals surface area contributed by atoms with Gasteiger partial charge in [-0.25, -0.2) is 4.98 Å². The molecule has 0 aromatic carbocycles. The van der Waals surface area contributed by atoms with E-state index in [2.05, 4.69) is 10.1 Å². The molecule has 0 bridgehead atoms. The van der Waals surface area contributed by atoms with E-state index in [4.69, 9.17) is 11.5 Å². The van der Waals surface area contributed by atoms with Gasteiger partial charge in [-0.15, -0.1) is 0 Å². The van der Waals surface area contributed by atoms with Gasteiger partial charge < -0.3 is 11.5 Å². The zero-order valence-electron chi connectivity index (χ0n) is 7.03. The van der Waals surface area contributed by atoms with Crippen LogP contribution >= 0.6 is 0 Å². The van der Waals surface area contributed by atoms with Gasteiger partial charge in [-0.1, -0.05) is 0 Å². The van der Waals surface area contributed by atoms with Crippen LogP contribution in [-0.4, -0.2) is 14.6 Å². The van der Waals surface area contributed by atoms with Crippen LogP contribution in [0.1, 0.15) is 5.69 Å². The lowest BCUT2D eigenvalue weighted by molar-refractivity contribution is 0.895. The number of nitrogens with one attached hydrogen (secondary N) is 1. The first-order valence-electron chi connectivity index (χ1n) is 3.73. The summed E-state index contributed by atoms with van der Waals surface area (Å²) >= 11 is 0. The highest BCUT2D eigenvalue weighted by Gasteiger charge is 2.08. The number of nitrogens with zero attached hydrogens (tertiary/aromatic N) is 2. The van der Waals surface area contributed by atoms with Crippen molar-refractivity contribution in [1.29, 1.82) is 0 Å². The van der Waals surface area contributed by atoms with E-state index in [0.29, 0.717) is 17.0 Å². The minimum absolute atomic E-state index is 0.217. The van der Waals surface area contributed by atoms with Crippen molar-refractivity contribution in [3.63, 3.8) is 0 Å². The van der Waals surface area contributed by atoms with Gasteiger partial charge in [0.2, 0.25) is 0 Å². The number of aryl methyl sites for hydroxylation is 1. The first-order valence-corrected chi connectivity index (χ1v) is 3.73. The molecule has 0 unspecified atom stereocenters. The highest BCUT2D eigenvalue weighted by molar-refractivity contribution is 5.75. The minimum atomic E-state index is -0.217. The van der Waals surface area contributed by atoms with Crippen molar-refractivity contribution in [2.45, 2.75) is 6.92 Å². The summed E-state index contributed by atoms with van der Waals surface area (Å²) in [5.74, 6) is 0.259. The van der Waals surface area contributed by atoms with Crippen LogP contribution in [-0.2, 0) is 0 Å². The standard InChI is InChI=1S/C7H9N5O/c1-3-2-4(13)12-7(10-3)5(8)6(9)11-12/h2,11H,8-9H2,1H3. The Balaban J connectivity index is 3.03. The second kappa shape index (κ2) is 2.25. The third-order valence-corrected chi connectivity index (χ3v) is 1.81. The lowest BCUT2D eigenvalue weighted by atomic mass is 10.4. The molecule has 0 aliphatic carbocycles. The summed E-state index contributed by atoms with van der Waals surface area (Å²) in [6.45, 7) is 1.73. The van der Waals surface area contributed by atoms with Crippen LogP contribution in [0.2, 0.25) is 0 Å². The normalized spacial score (nSPS) is 10.8. The van der Waals surface area contributed by atoms with Gasteiger partial charge >= 0.3 is 0 Å². The zero-order chi connectivity index (χ0) is 9.59. The molecule has 0 aliphatic rings. The Labute approximate surface area is 73.2 Å². The summed E-state index contributed by atoms with van der Waals surface area (Å²) in [5, 5.41) is 2.62. The summed E-state index contributed by atoms with van der Waals surface area (Å²) in [5.41, 5.74) is 12.2. The highest BCUT2D eigenvalue weighted by Crippen LogP contribution is 2.15. The van der Waals surface area contributed by atoms with E-state index in [-0.39, 0.29) is 11.4 Å². The predicted octanol–water partition coefficient (Wildman–Crippen LogP) is -0.505. The second-order valence-electron chi connectivity index (χ2n) is 2.83. The van der Waals surface area contributed by atoms with Crippen LogP contribution in [0, 0.1) is 6.92 Å². The average molecular weight is 179 g/mol. The Morgan fingerprint density at radius 3 is 2.92 bits per heavy atom. The topological polar surface area (TPSA) is 102 Å². The van der Waals surface area contributed by atoms with E-state index < -0.39 is 0 Å². The fourth-order valence-corrected chi connectivity index (χ4v) is 1.19. The van der Waals surface area contributed by atoms with Gasteiger partial charge in [0, 0.05) is 11.8 Å². The third kappa shape index (κ3) is 0.952. The van der Waals surface area contributed by atoms with E-state index in [1.807, 2.05) is 0 Å². The van der Waals surface area contributed by atoms with E-state index >= 15 is 0 Å². The molecule has 0 aliphatic heterocycles. The fraction of sp³-hybridized carbons (Fsp3) is 0.143. The Morgan fingerprint density at radius 1 is 1.54 bits per heavy atom. The van der Waals surface area contributed by atoms with Crippen molar-refractivity contribution in [3.05, 3.63) is 22.1 Å². The van der Waals surface area contributed by atoms with Crippen LogP contribution in [0.25, 0.3) is 5.65 Å². The SMILES string of the molecule is Cc1cc(=O)n2[nH]c(N)c(N)c2n1. The van der Waals surface area contributed by atoms with Gasteiger partial charge in [0.15, 0.2) is 5.65 Å². The molecule has 13 heavy (non-hydrogen) atoms. The number of H-pyrrole nitrogens is 1. The lowest BCUT2D eigenvalue weighted by Gasteiger charge is -1.93. The van der Waals surface area contributed by atoms with Crippen molar-refractivity contribution in [3.8, 4) is 0 Å². The molecule has 6 heteroatoms. The van der Waals surface area contributed by atoms with Gasteiger partial charge in [-0.05, 0) is 6.92 Å². The number of hydrogen-bond acceptors (Lipinski definition) is 4. The number of nitrogen functional groups attached to an aromatic ring is 2. The van der Waals surface area contributed by atoms with E-state index in [1.54, 1.807) is 6.92 Å². The van der Waals surface area contributed by atoms with Crippen LogP contribution in [0.5, 0.6) is 0 Å². The molecule has 0 saturated heterocycles. The lowest BCUT2D eigenvalue weighted by Crippen LogP contribution is -2.14. The van der Waals surface area contributed by atoms with Crippen molar-refractivity contribution < 1.29 is 0 Å². The van der Waals surface area contributed by atoms with Crippen LogP contribution in [0.4, 0.5) is 11.5 Å². The molecule has 0 amide bonds. The number of rotatable bonds is 0. The first-order chi connectivity index (χ1) is 6.09. The van der Waals surface area contributed by atoms with Crippen LogP contribution in [0.3, 0.4) is 0 Å². The highest BCUT2D eigenvalue weighted by atomic mass is 16.1. The molecule has 2 aromatic heterocycles. The molecular formula is C7H9N5O. The fourth-order valence-electron chi connectivity index (χ4n) is 1.19. The molecule has 0 atom stereocenters. The molecule has 2 aromatic rings. The first kappa shape index (κ1) is 7.66. The third-order valence-electron chi connectivity index (χ3n) is 1.81. The number of aromatic amines is 1. The van der Waals surface area contributed by atoms with Crippen molar-refractivity contribution in [2.75, 3.05) is 11.5 Å². The maximum absolute atomic E-state index is 11.3. The molecule has 6 nitrogen and oxygen atoms in total. The monoisotopic (exact) mass is 179 g/mol. The van der Waals surface area contributed by atoms with Crippen molar-refractivity contribution >= 4 is 17.2 Å². The zero-order valence-corrected chi connectivity index (χ0v) is 7.03. The maximum Gasteiger partial charge on any atom is 0.273 e. The molecule has 2 heterocycles. The second-order valence-corrected chi connectivity index (χ2v) is 2.83. The molecule has 68 valence electrons. The quantitative estimate of drug-likeness (QED) is 0.507. The van der Waals surface area contributed by atoms with Crippen LogP contribution < -0.4 is 17.0 Å². The molecule has 5 N–H and O–H groups in total. The van der Waals surface area contributed by atoms with Gasteiger partial charge in [0.1, 0.15) is 11.5 Å². The summed E-state index contributed by atoms with van der Waals surface area (Å²) in [6, 6.07) is 1.41. The van der Waals surface area contributed by atoms with Crippen molar-refractivity contribution in [1.82, 2.24) is 14.6 Å². The molecule has 0 fully saturated rings. The Hall–Kier alpha value is -1.98. The average Bonchev–Trinajstić information content (AvgIpc) is 2.32. The van der Waals surface area contributed by atoms with E-state index in [1.165, 1.54) is 10.6 Å². The molecule has 2 rings (SSSR count). The van der Waals surface area contributed by atoms with Gasteiger partial charge in [0.25, 0.3) is 5.56 Å². The number of hydrogen-bond donors (Lipinski definition) is 3. The molecular weight excluding hydrogens is 170 g/mol. The minimum Gasteiger partial charge on any atom is -0.393 e. The predicted molar refractivity (Wildman–Crippen MR) is 49.4 cm³/mol. The maximum atomic E-state index is 11.3. The summed E-state index contributed by atoms with van der Waals surface area (Å²) in [7, 11) is 0. The molecule has 0 radical (unpaired) electrons. The molecule has 0 saturated carbocycles. The smallest absolute Gasteiger partial charge is 0.273 e. The van der Waals surface area contributed by atoms with Gasteiger partial charge in [-0.2, -0.15) is 4.52 Å². The van der Waals surface area contributed by atoms with E-state index in [9.17, 15) is 4.79 Å². The Kier molecular flexibility index (Phi) is 1.33. The number of fused-ring (bicyclic) bond motifs is 1.